The fourth-order valence-corrected chi connectivity index (χ4v) is 2.50. The van der Waals surface area contributed by atoms with Crippen molar-refractivity contribution >= 4 is 38.3 Å². The first-order valence-electron chi connectivity index (χ1n) is 6.12. The zero-order valence-corrected chi connectivity index (χ0v) is 12.1. The fraction of sp³-hybridized carbons (Fsp3) is 0.0625. The lowest BCUT2D eigenvalue weighted by Gasteiger charge is -2.10. The van der Waals surface area contributed by atoms with Gasteiger partial charge in [-0.25, -0.2) is 4.98 Å². The molecule has 0 spiro atoms. The van der Waals surface area contributed by atoms with E-state index in [0.29, 0.717) is 0 Å². The van der Waals surface area contributed by atoms with E-state index in [2.05, 4.69) is 45.3 Å². The monoisotopic (exact) mass is 312 g/mol. The Bertz CT molecular complexity index is 738. The second-order valence-corrected chi connectivity index (χ2v) is 5.30. The van der Waals surface area contributed by atoms with Crippen LogP contribution in [-0.2, 0) is 0 Å². The van der Waals surface area contributed by atoms with E-state index in [1.54, 1.807) is 0 Å². The standard InChI is InChI=1S/C16H13BrN2/c1-11-10-16(18-14-8-4-2-6-12(11)14)19-15-9-5-3-7-13(15)17/h2-10H,1H3,(H,18,19). The maximum atomic E-state index is 4.64. The van der Waals surface area contributed by atoms with E-state index >= 15 is 0 Å². The molecule has 2 nitrogen and oxygen atoms in total. The molecule has 3 rings (SSSR count). The molecule has 0 fully saturated rings. The number of nitrogens with one attached hydrogen (secondary N) is 1. The Labute approximate surface area is 120 Å². The molecule has 0 aliphatic carbocycles. The number of nitrogens with zero attached hydrogens (tertiary/aromatic N) is 1. The molecule has 3 aromatic rings. The van der Waals surface area contributed by atoms with Gasteiger partial charge in [0.15, 0.2) is 0 Å². The number of hydrogen-bond acceptors (Lipinski definition) is 2. The third-order valence-corrected chi connectivity index (χ3v) is 3.75. The van der Waals surface area contributed by atoms with Crippen molar-refractivity contribution in [2.75, 3.05) is 5.32 Å². The molecule has 3 heteroatoms. The van der Waals surface area contributed by atoms with E-state index in [1.165, 1.54) is 10.9 Å². The Kier molecular flexibility index (Phi) is 3.22. The van der Waals surface area contributed by atoms with Crippen LogP contribution < -0.4 is 5.32 Å². The van der Waals surface area contributed by atoms with E-state index in [0.717, 1.165) is 21.5 Å². The Morgan fingerprint density at radius 1 is 1.00 bits per heavy atom. The first-order chi connectivity index (χ1) is 9.24. The van der Waals surface area contributed by atoms with Crippen LogP contribution in [0.2, 0.25) is 0 Å². The predicted molar refractivity (Wildman–Crippen MR) is 83.9 cm³/mol. The molecule has 0 bridgehead atoms. The maximum absolute atomic E-state index is 4.64. The minimum absolute atomic E-state index is 0.864. The van der Waals surface area contributed by atoms with Crippen LogP contribution in [0.4, 0.5) is 11.5 Å². The van der Waals surface area contributed by atoms with E-state index in [-0.39, 0.29) is 0 Å². The number of aryl methyl sites for hydroxylation is 1. The Morgan fingerprint density at radius 2 is 1.74 bits per heavy atom. The molecule has 19 heavy (non-hydrogen) atoms. The van der Waals surface area contributed by atoms with Crippen LogP contribution in [0.3, 0.4) is 0 Å². The van der Waals surface area contributed by atoms with Gasteiger partial charge in [-0.1, -0.05) is 30.3 Å². The average molecular weight is 313 g/mol. The second kappa shape index (κ2) is 5.02. The molecule has 2 aromatic carbocycles. The highest BCUT2D eigenvalue weighted by molar-refractivity contribution is 9.10. The van der Waals surface area contributed by atoms with Gasteiger partial charge in [0.2, 0.25) is 0 Å². The average Bonchev–Trinajstić information content (AvgIpc) is 2.42. The topological polar surface area (TPSA) is 24.9 Å². The number of rotatable bonds is 2. The number of pyridine rings is 1. The van der Waals surface area contributed by atoms with Crippen LogP contribution >= 0.6 is 15.9 Å². The zero-order chi connectivity index (χ0) is 13.2. The van der Waals surface area contributed by atoms with Crippen molar-refractivity contribution in [3.05, 3.63) is 64.6 Å². The van der Waals surface area contributed by atoms with Gasteiger partial charge in [-0.05, 0) is 52.7 Å². The molecule has 0 unspecified atom stereocenters. The number of halogens is 1. The molecule has 0 atom stereocenters. The lowest BCUT2D eigenvalue weighted by atomic mass is 10.1. The van der Waals surface area contributed by atoms with Crippen molar-refractivity contribution in [1.29, 1.82) is 0 Å². The Morgan fingerprint density at radius 3 is 2.58 bits per heavy atom. The van der Waals surface area contributed by atoms with Gasteiger partial charge in [-0.2, -0.15) is 0 Å². The van der Waals surface area contributed by atoms with Crippen LogP contribution in [0.5, 0.6) is 0 Å². The van der Waals surface area contributed by atoms with Gasteiger partial charge < -0.3 is 5.32 Å². The Balaban J connectivity index is 2.04. The first-order valence-corrected chi connectivity index (χ1v) is 6.91. The fourth-order valence-electron chi connectivity index (χ4n) is 2.11. The van der Waals surface area contributed by atoms with Crippen LogP contribution in [0.15, 0.2) is 59.1 Å². The summed E-state index contributed by atoms with van der Waals surface area (Å²) < 4.78 is 1.03. The molecular formula is C16H13BrN2. The van der Waals surface area contributed by atoms with Crippen molar-refractivity contribution in [2.45, 2.75) is 6.92 Å². The molecule has 0 saturated carbocycles. The Hall–Kier alpha value is -1.87. The quantitative estimate of drug-likeness (QED) is 0.716. The van der Waals surface area contributed by atoms with Crippen molar-refractivity contribution in [2.24, 2.45) is 0 Å². The first kappa shape index (κ1) is 12.2. The number of para-hydroxylation sites is 2. The van der Waals surface area contributed by atoms with Gasteiger partial charge in [0.05, 0.1) is 11.2 Å². The van der Waals surface area contributed by atoms with Crippen molar-refractivity contribution in [3.63, 3.8) is 0 Å². The lowest BCUT2D eigenvalue weighted by Crippen LogP contribution is -1.96. The summed E-state index contributed by atoms with van der Waals surface area (Å²) >= 11 is 3.53. The van der Waals surface area contributed by atoms with E-state index in [1.807, 2.05) is 42.5 Å². The van der Waals surface area contributed by atoms with E-state index < -0.39 is 0 Å². The molecule has 0 amide bonds. The summed E-state index contributed by atoms with van der Waals surface area (Å²) in [7, 11) is 0. The highest BCUT2D eigenvalue weighted by Gasteiger charge is 2.04. The maximum Gasteiger partial charge on any atom is 0.131 e. The summed E-state index contributed by atoms with van der Waals surface area (Å²) in [5, 5.41) is 4.54. The van der Waals surface area contributed by atoms with Crippen LogP contribution in [0.25, 0.3) is 10.9 Å². The molecule has 1 N–H and O–H groups in total. The van der Waals surface area contributed by atoms with Crippen LogP contribution in [0, 0.1) is 6.92 Å². The smallest absolute Gasteiger partial charge is 0.131 e. The molecule has 0 radical (unpaired) electrons. The largest absolute Gasteiger partial charge is 0.339 e. The van der Waals surface area contributed by atoms with Crippen molar-refractivity contribution in [1.82, 2.24) is 4.98 Å². The zero-order valence-electron chi connectivity index (χ0n) is 10.5. The van der Waals surface area contributed by atoms with Crippen molar-refractivity contribution in [3.8, 4) is 0 Å². The number of anilines is 2. The van der Waals surface area contributed by atoms with Gasteiger partial charge >= 0.3 is 0 Å². The number of aromatic nitrogens is 1. The predicted octanol–water partition coefficient (Wildman–Crippen LogP) is 5.05. The van der Waals surface area contributed by atoms with Gasteiger partial charge in [-0.3, -0.25) is 0 Å². The number of hydrogen-bond donors (Lipinski definition) is 1. The van der Waals surface area contributed by atoms with Gasteiger partial charge in [0, 0.05) is 9.86 Å². The molecule has 1 heterocycles. The molecule has 0 saturated heterocycles. The SMILES string of the molecule is Cc1cc(Nc2ccccc2Br)nc2ccccc12. The third kappa shape index (κ3) is 2.47. The van der Waals surface area contributed by atoms with E-state index in [9.17, 15) is 0 Å². The molecule has 0 aliphatic rings. The van der Waals surface area contributed by atoms with Crippen LogP contribution in [0.1, 0.15) is 5.56 Å². The number of benzene rings is 2. The summed E-state index contributed by atoms with van der Waals surface area (Å²) in [6, 6.07) is 18.3. The summed E-state index contributed by atoms with van der Waals surface area (Å²) in [5.74, 6) is 0.864. The lowest BCUT2D eigenvalue weighted by molar-refractivity contribution is 1.34. The summed E-state index contributed by atoms with van der Waals surface area (Å²) in [6.07, 6.45) is 0. The third-order valence-electron chi connectivity index (χ3n) is 3.06. The normalized spacial score (nSPS) is 10.6. The van der Waals surface area contributed by atoms with E-state index in [4.69, 9.17) is 0 Å². The molecule has 0 aliphatic heterocycles. The summed E-state index contributed by atoms with van der Waals surface area (Å²) in [5.41, 5.74) is 3.25. The van der Waals surface area contributed by atoms with Gasteiger partial charge in [0.1, 0.15) is 5.82 Å². The van der Waals surface area contributed by atoms with Crippen LogP contribution in [-0.4, -0.2) is 4.98 Å². The minimum atomic E-state index is 0.864. The number of fused-ring (bicyclic) bond motifs is 1. The summed E-state index contributed by atoms with van der Waals surface area (Å²) in [4.78, 5) is 4.64. The van der Waals surface area contributed by atoms with Crippen molar-refractivity contribution < 1.29 is 0 Å². The minimum Gasteiger partial charge on any atom is -0.339 e. The second-order valence-electron chi connectivity index (χ2n) is 4.45. The molecular weight excluding hydrogens is 300 g/mol. The van der Waals surface area contributed by atoms with Gasteiger partial charge in [-0.15, -0.1) is 0 Å². The highest BCUT2D eigenvalue weighted by atomic mass is 79.9. The highest BCUT2D eigenvalue weighted by Crippen LogP contribution is 2.26. The molecule has 94 valence electrons. The van der Waals surface area contributed by atoms with Gasteiger partial charge in [0.25, 0.3) is 0 Å². The summed E-state index contributed by atoms with van der Waals surface area (Å²) in [6.45, 7) is 2.11. The molecule has 1 aromatic heterocycles.